The van der Waals surface area contributed by atoms with Gasteiger partial charge in [0.2, 0.25) is 0 Å². The second-order valence-corrected chi connectivity index (χ2v) is 8.16. The number of para-hydroxylation sites is 1. The molecule has 6 heteroatoms. The van der Waals surface area contributed by atoms with Gasteiger partial charge in [0.05, 0.1) is 0 Å². The van der Waals surface area contributed by atoms with Crippen molar-refractivity contribution >= 4 is 23.0 Å². The molecule has 0 N–H and O–H groups in total. The SMILES string of the molecule is Cc1ccccc1N(CCCN1CCN(CCOF)CC1)c1cc(Cl)ccc1C. The molecule has 0 unspecified atom stereocenters. The van der Waals surface area contributed by atoms with Crippen LogP contribution in [0.25, 0.3) is 0 Å². The fourth-order valence-corrected chi connectivity index (χ4v) is 4.13. The molecule has 1 fully saturated rings. The third-order valence-corrected chi connectivity index (χ3v) is 5.91. The monoisotopic (exact) mass is 419 g/mol. The van der Waals surface area contributed by atoms with Crippen LogP contribution in [0.3, 0.4) is 0 Å². The van der Waals surface area contributed by atoms with Gasteiger partial charge in [-0.3, -0.25) is 4.90 Å². The third-order valence-electron chi connectivity index (χ3n) is 5.67. The Balaban J connectivity index is 1.63. The van der Waals surface area contributed by atoms with E-state index in [0.717, 1.165) is 50.7 Å². The summed E-state index contributed by atoms with van der Waals surface area (Å²) in [5.74, 6) is 0. The zero-order valence-electron chi connectivity index (χ0n) is 17.4. The summed E-state index contributed by atoms with van der Waals surface area (Å²) in [6.07, 6.45) is 1.06. The lowest BCUT2D eigenvalue weighted by Gasteiger charge is -2.35. The van der Waals surface area contributed by atoms with E-state index in [1.165, 1.54) is 22.5 Å². The van der Waals surface area contributed by atoms with Crippen molar-refractivity contribution in [3.63, 3.8) is 0 Å². The summed E-state index contributed by atoms with van der Waals surface area (Å²) in [6, 6.07) is 14.6. The molecule has 29 heavy (non-hydrogen) atoms. The van der Waals surface area contributed by atoms with Gasteiger partial charge in [0.25, 0.3) is 0 Å². The first kappa shape index (κ1) is 22.0. The molecule has 3 rings (SSSR count). The van der Waals surface area contributed by atoms with E-state index in [1.54, 1.807) is 0 Å². The Bertz CT molecular complexity index is 780. The molecule has 0 aromatic heterocycles. The first-order chi connectivity index (χ1) is 14.1. The van der Waals surface area contributed by atoms with E-state index >= 15 is 0 Å². The first-order valence-electron chi connectivity index (χ1n) is 10.4. The van der Waals surface area contributed by atoms with Crippen molar-refractivity contribution < 1.29 is 9.47 Å². The van der Waals surface area contributed by atoms with Crippen LogP contribution in [-0.4, -0.2) is 62.2 Å². The molecule has 0 aliphatic carbocycles. The summed E-state index contributed by atoms with van der Waals surface area (Å²) in [6.45, 7) is 11.1. The molecule has 158 valence electrons. The molecular formula is C23H31ClFN3O. The minimum atomic E-state index is 0.157. The van der Waals surface area contributed by atoms with E-state index < -0.39 is 0 Å². The number of benzene rings is 2. The number of piperazine rings is 1. The highest BCUT2D eigenvalue weighted by Gasteiger charge is 2.18. The Kier molecular flexibility index (Phi) is 8.30. The van der Waals surface area contributed by atoms with Gasteiger partial charge in [-0.05, 0) is 60.7 Å². The van der Waals surface area contributed by atoms with Crippen molar-refractivity contribution in [1.29, 1.82) is 0 Å². The van der Waals surface area contributed by atoms with E-state index in [1.807, 2.05) is 6.07 Å². The molecule has 1 aliphatic heterocycles. The van der Waals surface area contributed by atoms with E-state index in [2.05, 4.69) is 69.9 Å². The maximum absolute atomic E-state index is 11.9. The minimum Gasteiger partial charge on any atom is -0.341 e. The lowest BCUT2D eigenvalue weighted by molar-refractivity contribution is -0.137. The van der Waals surface area contributed by atoms with Crippen LogP contribution < -0.4 is 4.90 Å². The van der Waals surface area contributed by atoms with Crippen LogP contribution in [0, 0.1) is 13.8 Å². The molecule has 0 spiro atoms. The Morgan fingerprint density at radius 1 is 0.931 bits per heavy atom. The van der Waals surface area contributed by atoms with Crippen molar-refractivity contribution in [1.82, 2.24) is 9.80 Å². The van der Waals surface area contributed by atoms with Crippen molar-refractivity contribution in [2.45, 2.75) is 20.3 Å². The van der Waals surface area contributed by atoms with Crippen molar-refractivity contribution in [3.05, 3.63) is 58.6 Å². The molecule has 1 saturated heterocycles. The number of anilines is 2. The van der Waals surface area contributed by atoms with Crippen molar-refractivity contribution in [2.24, 2.45) is 0 Å². The first-order valence-corrected chi connectivity index (χ1v) is 10.7. The summed E-state index contributed by atoms with van der Waals surface area (Å²) in [5.41, 5.74) is 4.88. The average Bonchev–Trinajstić information content (AvgIpc) is 2.73. The normalized spacial score (nSPS) is 15.6. The Morgan fingerprint density at radius 3 is 2.28 bits per heavy atom. The number of hydrogen-bond donors (Lipinski definition) is 0. The average molecular weight is 420 g/mol. The van der Waals surface area contributed by atoms with E-state index in [0.29, 0.717) is 6.54 Å². The summed E-state index contributed by atoms with van der Waals surface area (Å²) in [4.78, 5) is 10.8. The number of rotatable bonds is 9. The quantitative estimate of drug-likeness (QED) is 0.569. The number of aryl methyl sites for hydroxylation is 2. The highest BCUT2D eigenvalue weighted by Crippen LogP contribution is 2.32. The summed E-state index contributed by atoms with van der Waals surface area (Å²) < 4.78 is 11.9. The van der Waals surface area contributed by atoms with Crippen LogP contribution in [-0.2, 0) is 4.94 Å². The Morgan fingerprint density at radius 2 is 1.59 bits per heavy atom. The maximum atomic E-state index is 11.9. The molecule has 1 aliphatic rings. The maximum Gasteiger partial charge on any atom is 0.100 e. The minimum absolute atomic E-state index is 0.157. The largest absolute Gasteiger partial charge is 0.341 e. The smallest absolute Gasteiger partial charge is 0.100 e. The van der Waals surface area contributed by atoms with Gasteiger partial charge in [-0.1, -0.05) is 35.9 Å². The van der Waals surface area contributed by atoms with Gasteiger partial charge in [-0.25, -0.2) is 0 Å². The summed E-state index contributed by atoms with van der Waals surface area (Å²) in [7, 11) is 0. The van der Waals surface area contributed by atoms with E-state index in [9.17, 15) is 4.53 Å². The van der Waals surface area contributed by atoms with Crippen molar-refractivity contribution in [3.8, 4) is 0 Å². The van der Waals surface area contributed by atoms with Gasteiger partial charge in [0, 0.05) is 55.7 Å². The van der Waals surface area contributed by atoms with E-state index in [-0.39, 0.29) is 6.61 Å². The van der Waals surface area contributed by atoms with E-state index in [4.69, 9.17) is 11.6 Å². The topological polar surface area (TPSA) is 19.0 Å². The second-order valence-electron chi connectivity index (χ2n) is 7.72. The zero-order chi connectivity index (χ0) is 20.6. The molecule has 0 bridgehead atoms. The molecular weight excluding hydrogens is 389 g/mol. The number of hydrogen-bond acceptors (Lipinski definition) is 4. The van der Waals surface area contributed by atoms with Crippen LogP contribution >= 0.6 is 11.6 Å². The van der Waals surface area contributed by atoms with Crippen LogP contribution in [0.5, 0.6) is 0 Å². The number of nitrogens with zero attached hydrogens (tertiary/aromatic N) is 3. The fraction of sp³-hybridized carbons (Fsp3) is 0.478. The molecule has 0 radical (unpaired) electrons. The molecule has 0 atom stereocenters. The van der Waals surface area contributed by atoms with Crippen molar-refractivity contribution in [2.75, 3.05) is 57.3 Å². The lowest BCUT2D eigenvalue weighted by atomic mass is 10.1. The van der Waals surface area contributed by atoms with Gasteiger partial charge in [0.15, 0.2) is 0 Å². The Hall–Kier alpha value is -1.66. The molecule has 2 aromatic rings. The molecule has 4 nitrogen and oxygen atoms in total. The van der Waals surface area contributed by atoms with Crippen LogP contribution in [0.2, 0.25) is 5.02 Å². The molecule has 1 heterocycles. The third kappa shape index (κ3) is 6.16. The highest BCUT2D eigenvalue weighted by atomic mass is 35.5. The van der Waals surface area contributed by atoms with Gasteiger partial charge in [-0.15, -0.1) is 0 Å². The Labute approximate surface area is 178 Å². The summed E-state index contributed by atoms with van der Waals surface area (Å²) >= 11 is 6.32. The van der Waals surface area contributed by atoms with Gasteiger partial charge < -0.3 is 9.80 Å². The van der Waals surface area contributed by atoms with Gasteiger partial charge in [0.1, 0.15) is 6.61 Å². The predicted octanol–water partition coefficient (Wildman–Crippen LogP) is 5.00. The molecule has 0 saturated carbocycles. The standard InChI is InChI=1S/C23H31ClFN3O/c1-19-6-3-4-7-22(19)28(23-18-21(24)9-8-20(23)2)11-5-10-26-12-14-27(15-13-26)16-17-29-25/h3-4,6-9,18H,5,10-17H2,1-2H3. The summed E-state index contributed by atoms with van der Waals surface area (Å²) in [5, 5.41) is 0.762. The predicted molar refractivity (Wildman–Crippen MR) is 119 cm³/mol. The highest BCUT2D eigenvalue weighted by molar-refractivity contribution is 6.30. The van der Waals surface area contributed by atoms with Crippen LogP contribution in [0.1, 0.15) is 17.5 Å². The van der Waals surface area contributed by atoms with Crippen LogP contribution in [0.4, 0.5) is 15.9 Å². The lowest BCUT2D eigenvalue weighted by Crippen LogP contribution is -2.47. The zero-order valence-corrected chi connectivity index (χ0v) is 18.2. The fourth-order valence-electron chi connectivity index (χ4n) is 3.96. The molecule has 0 amide bonds. The van der Waals surface area contributed by atoms with Gasteiger partial charge in [-0.2, -0.15) is 4.94 Å². The number of halogens is 2. The second kappa shape index (κ2) is 10.9. The van der Waals surface area contributed by atoms with Crippen LogP contribution in [0.15, 0.2) is 42.5 Å². The van der Waals surface area contributed by atoms with Gasteiger partial charge >= 0.3 is 0 Å². The molecule has 2 aromatic carbocycles.